The molecule has 0 unspecified atom stereocenters. The molecule has 1 fully saturated rings. The Hall–Kier alpha value is -2.09. The minimum absolute atomic E-state index is 0.0312. The van der Waals surface area contributed by atoms with Gasteiger partial charge in [0.2, 0.25) is 0 Å². The predicted molar refractivity (Wildman–Crippen MR) is 73.6 cm³/mol. The van der Waals surface area contributed by atoms with Crippen LogP contribution < -0.4 is 4.90 Å². The molecule has 3 rings (SSSR count). The van der Waals surface area contributed by atoms with Gasteiger partial charge in [-0.3, -0.25) is 0 Å². The van der Waals surface area contributed by atoms with Gasteiger partial charge in [0.25, 0.3) is 0 Å². The van der Waals surface area contributed by atoms with E-state index in [1.165, 1.54) is 0 Å². The summed E-state index contributed by atoms with van der Waals surface area (Å²) in [7, 11) is 1.65. The van der Waals surface area contributed by atoms with Crippen molar-refractivity contribution in [1.82, 2.24) is 25.4 Å². The molecular formula is C13H17FN6O. The molecule has 112 valence electrons. The van der Waals surface area contributed by atoms with Gasteiger partial charge >= 0.3 is 0 Å². The maximum Gasteiger partial charge on any atom is 0.186 e. The molecule has 1 aliphatic heterocycles. The quantitative estimate of drug-likeness (QED) is 0.908. The largest absolute Gasteiger partial charge is 0.379 e. The molecule has 2 aromatic rings. The molecule has 0 aliphatic carbocycles. The van der Waals surface area contributed by atoms with E-state index in [0.717, 1.165) is 5.69 Å². The van der Waals surface area contributed by atoms with Crippen molar-refractivity contribution in [3.8, 4) is 0 Å². The Morgan fingerprint density at radius 3 is 2.81 bits per heavy atom. The maximum absolute atomic E-state index is 14.3. The third kappa shape index (κ3) is 2.46. The number of halogens is 1. The summed E-state index contributed by atoms with van der Waals surface area (Å²) in [5.41, 5.74) is 1.17. The first kappa shape index (κ1) is 13.9. The Morgan fingerprint density at radius 2 is 2.14 bits per heavy atom. The van der Waals surface area contributed by atoms with Crippen LogP contribution in [-0.4, -0.2) is 51.7 Å². The average molecular weight is 292 g/mol. The molecule has 1 N–H and O–H groups in total. The number of nitrogens with zero attached hydrogens (tertiary/aromatic N) is 5. The maximum atomic E-state index is 14.3. The first-order chi connectivity index (χ1) is 10.1. The smallest absolute Gasteiger partial charge is 0.186 e. The van der Waals surface area contributed by atoms with Gasteiger partial charge in [0.15, 0.2) is 11.6 Å². The number of anilines is 1. The normalized spacial score (nSPS) is 22.0. The van der Waals surface area contributed by atoms with Crippen molar-refractivity contribution < 1.29 is 9.13 Å². The van der Waals surface area contributed by atoms with Crippen LogP contribution in [0.5, 0.6) is 0 Å². The highest BCUT2D eigenvalue weighted by molar-refractivity contribution is 5.44. The second-order valence-electron chi connectivity index (χ2n) is 5.17. The topological polar surface area (TPSA) is 79.8 Å². The highest BCUT2D eigenvalue weighted by Crippen LogP contribution is 2.32. The number of nitrogens with one attached hydrogen (secondary N) is 1. The van der Waals surface area contributed by atoms with Crippen molar-refractivity contribution in [2.45, 2.75) is 25.9 Å². The van der Waals surface area contributed by atoms with Gasteiger partial charge in [-0.15, -0.1) is 0 Å². The van der Waals surface area contributed by atoms with Gasteiger partial charge in [0, 0.05) is 20.2 Å². The van der Waals surface area contributed by atoms with Gasteiger partial charge in [-0.1, -0.05) is 0 Å². The molecule has 7 nitrogen and oxygen atoms in total. The van der Waals surface area contributed by atoms with E-state index in [1.807, 2.05) is 4.90 Å². The monoisotopic (exact) mass is 292 g/mol. The van der Waals surface area contributed by atoms with E-state index in [1.54, 1.807) is 27.2 Å². The molecule has 1 aliphatic rings. The van der Waals surface area contributed by atoms with E-state index < -0.39 is 0 Å². The number of hydrogen-bond donors (Lipinski definition) is 1. The zero-order valence-electron chi connectivity index (χ0n) is 12.2. The molecule has 0 amide bonds. The summed E-state index contributed by atoms with van der Waals surface area (Å²) < 4.78 is 19.8. The molecule has 0 bridgehead atoms. The van der Waals surface area contributed by atoms with Crippen LogP contribution in [0.2, 0.25) is 0 Å². The van der Waals surface area contributed by atoms with E-state index in [0.29, 0.717) is 30.4 Å². The number of ether oxygens (including phenoxy) is 1. The Bertz CT molecular complexity index is 632. The van der Waals surface area contributed by atoms with Crippen molar-refractivity contribution >= 4 is 5.82 Å². The van der Waals surface area contributed by atoms with Crippen molar-refractivity contribution in [3.05, 3.63) is 29.2 Å². The lowest BCUT2D eigenvalue weighted by molar-refractivity contribution is 0.105. The first-order valence-corrected chi connectivity index (χ1v) is 6.74. The molecule has 3 heterocycles. The Kier molecular flexibility index (Phi) is 3.54. The van der Waals surface area contributed by atoms with Crippen molar-refractivity contribution in [2.24, 2.45) is 0 Å². The Labute approximate surface area is 121 Å². The molecular weight excluding hydrogens is 275 g/mol. The standard InChI is InChI=1S/C13H17FN6O/c1-7-12(14)13(17-8(2)16-7)20-5-9(11(6-20)21-3)10-4-15-19-18-10/h4,9,11H,5-6H2,1-3H3,(H,15,18,19)/t9-,11+/m0/s1. The molecule has 21 heavy (non-hydrogen) atoms. The second-order valence-corrected chi connectivity index (χ2v) is 5.17. The fourth-order valence-corrected chi connectivity index (χ4v) is 2.75. The molecule has 2 atom stereocenters. The minimum Gasteiger partial charge on any atom is -0.379 e. The predicted octanol–water partition coefficient (Wildman–Crippen LogP) is 0.969. The van der Waals surface area contributed by atoms with E-state index in [2.05, 4.69) is 25.4 Å². The van der Waals surface area contributed by atoms with Gasteiger partial charge < -0.3 is 9.64 Å². The summed E-state index contributed by atoms with van der Waals surface area (Å²) in [5, 5.41) is 10.5. The lowest BCUT2D eigenvalue weighted by atomic mass is 10.0. The first-order valence-electron chi connectivity index (χ1n) is 6.74. The van der Waals surface area contributed by atoms with Gasteiger partial charge in [-0.25, -0.2) is 14.4 Å². The van der Waals surface area contributed by atoms with Crippen LogP contribution in [-0.2, 0) is 4.74 Å². The van der Waals surface area contributed by atoms with Crippen LogP contribution in [0.1, 0.15) is 23.1 Å². The average Bonchev–Trinajstić information content (AvgIpc) is 3.10. The lowest BCUT2D eigenvalue weighted by Gasteiger charge is -2.18. The van der Waals surface area contributed by atoms with Crippen LogP contribution in [0.3, 0.4) is 0 Å². The van der Waals surface area contributed by atoms with Crippen LogP contribution >= 0.6 is 0 Å². The van der Waals surface area contributed by atoms with E-state index >= 15 is 0 Å². The highest BCUT2D eigenvalue weighted by Gasteiger charge is 2.37. The molecule has 8 heteroatoms. The van der Waals surface area contributed by atoms with Gasteiger partial charge in [0.05, 0.1) is 29.6 Å². The second kappa shape index (κ2) is 5.36. The number of H-pyrrole nitrogens is 1. The molecule has 2 aromatic heterocycles. The molecule has 1 saturated heterocycles. The van der Waals surface area contributed by atoms with Crippen LogP contribution in [0.4, 0.5) is 10.2 Å². The molecule has 0 aromatic carbocycles. The van der Waals surface area contributed by atoms with E-state index in [4.69, 9.17) is 4.74 Å². The SMILES string of the molecule is CO[C@@H]1CN(c2nc(C)nc(C)c2F)C[C@H]1c1cn[nH]n1. The van der Waals surface area contributed by atoms with Crippen LogP contribution in [0.25, 0.3) is 0 Å². The summed E-state index contributed by atoms with van der Waals surface area (Å²) >= 11 is 0. The minimum atomic E-state index is -0.378. The number of hydrogen-bond acceptors (Lipinski definition) is 6. The summed E-state index contributed by atoms with van der Waals surface area (Å²) in [6.45, 7) is 4.54. The van der Waals surface area contributed by atoms with Gasteiger partial charge in [-0.05, 0) is 13.8 Å². The highest BCUT2D eigenvalue weighted by atomic mass is 19.1. The Balaban J connectivity index is 1.92. The summed E-state index contributed by atoms with van der Waals surface area (Å²) in [5.74, 6) is 0.538. The van der Waals surface area contributed by atoms with Crippen LogP contribution in [0.15, 0.2) is 6.20 Å². The fraction of sp³-hybridized carbons (Fsp3) is 0.538. The fourth-order valence-electron chi connectivity index (χ4n) is 2.75. The number of methoxy groups -OCH3 is 1. The van der Waals surface area contributed by atoms with Crippen molar-refractivity contribution in [2.75, 3.05) is 25.1 Å². The lowest BCUT2D eigenvalue weighted by Crippen LogP contribution is -2.25. The number of rotatable bonds is 3. The van der Waals surface area contributed by atoms with Crippen molar-refractivity contribution in [3.63, 3.8) is 0 Å². The molecule has 0 radical (unpaired) electrons. The molecule has 0 saturated carbocycles. The zero-order chi connectivity index (χ0) is 15.0. The van der Waals surface area contributed by atoms with Crippen LogP contribution in [0, 0.1) is 19.7 Å². The molecule has 0 spiro atoms. The summed E-state index contributed by atoms with van der Waals surface area (Å²) in [6, 6.07) is 0. The van der Waals surface area contributed by atoms with E-state index in [9.17, 15) is 4.39 Å². The third-order valence-corrected chi connectivity index (χ3v) is 3.79. The number of aromatic amines is 1. The van der Waals surface area contributed by atoms with Gasteiger partial charge in [-0.2, -0.15) is 15.4 Å². The zero-order valence-corrected chi connectivity index (χ0v) is 12.2. The number of aromatic nitrogens is 5. The van der Waals surface area contributed by atoms with Gasteiger partial charge in [0.1, 0.15) is 5.82 Å². The summed E-state index contributed by atoms with van der Waals surface area (Å²) in [4.78, 5) is 10.2. The van der Waals surface area contributed by atoms with Crippen molar-refractivity contribution in [1.29, 1.82) is 0 Å². The third-order valence-electron chi connectivity index (χ3n) is 3.79. The van der Waals surface area contributed by atoms with E-state index in [-0.39, 0.29) is 17.8 Å². The number of aryl methyl sites for hydroxylation is 2. The summed E-state index contributed by atoms with van der Waals surface area (Å²) in [6.07, 6.45) is 1.60. The Morgan fingerprint density at radius 1 is 1.33 bits per heavy atom.